The monoisotopic (exact) mass is 316 g/mol. The topological polar surface area (TPSA) is 49.4 Å². The van der Waals surface area contributed by atoms with Gasteiger partial charge in [0, 0.05) is 24.7 Å². The van der Waals surface area contributed by atoms with Crippen LogP contribution in [-0.2, 0) is 16.6 Å². The first-order chi connectivity index (χ1) is 9.36. The molecule has 1 N–H and O–H groups in total. The summed E-state index contributed by atoms with van der Waals surface area (Å²) < 4.78 is 24.5. The van der Waals surface area contributed by atoms with Crippen LogP contribution in [0.1, 0.15) is 17.5 Å². The lowest BCUT2D eigenvalue weighted by Gasteiger charge is -2.14. The fourth-order valence-corrected chi connectivity index (χ4v) is 3.68. The summed E-state index contributed by atoms with van der Waals surface area (Å²) in [5.74, 6) is 0.400. The van der Waals surface area contributed by atoms with Crippen molar-refractivity contribution in [2.24, 2.45) is 5.92 Å². The molecule has 6 heteroatoms. The molecule has 1 atom stereocenters. The molecule has 0 saturated carbocycles. The van der Waals surface area contributed by atoms with Crippen LogP contribution in [0.2, 0.25) is 5.02 Å². The summed E-state index contributed by atoms with van der Waals surface area (Å²) >= 11 is 5.93. The van der Waals surface area contributed by atoms with Crippen molar-refractivity contribution in [3.8, 4) is 0 Å². The number of nitrogens with zero attached hydrogens (tertiary/aromatic N) is 1. The highest BCUT2D eigenvalue weighted by Crippen LogP contribution is 2.19. The molecule has 1 unspecified atom stereocenters. The van der Waals surface area contributed by atoms with E-state index in [1.54, 1.807) is 4.31 Å². The van der Waals surface area contributed by atoms with Crippen LogP contribution in [-0.4, -0.2) is 38.6 Å². The van der Waals surface area contributed by atoms with Gasteiger partial charge in [-0.25, -0.2) is 12.7 Å². The van der Waals surface area contributed by atoms with E-state index < -0.39 is 10.0 Å². The number of halogens is 1. The lowest BCUT2D eigenvalue weighted by molar-refractivity contribution is 0.448. The van der Waals surface area contributed by atoms with Crippen molar-refractivity contribution in [3.63, 3.8) is 0 Å². The Morgan fingerprint density at radius 1 is 1.45 bits per heavy atom. The van der Waals surface area contributed by atoms with Gasteiger partial charge >= 0.3 is 0 Å². The van der Waals surface area contributed by atoms with E-state index in [-0.39, 0.29) is 0 Å². The number of aryl methyl sites for hydroxylation is 1. The molecule has 112 valence electrons. The second-order valence-electron chi connectivity index (χ2n) is 5.48. The average Bonchev–Trinajstić information content (AvgIpc) is 2.80. The summed E-state index contributed by atoms with van der Waals surface area (Å²) in [7, 11) is -3.03. The Labute approximate surface area is 126 Å². The molecular weight excluding hydrogens is 296 g/mol. The summed E-state index contributed by atoms with van der Waals surface area (Å²) in [5.41, 5.74) is 2.40. The molecule has 1 heterocycles. The van der Waals surface area contributed by atoms with Crippen LogP contribution in [0, 0.1) is 12.8 Å². The largest absolute Gasteiger partial charge is 0.312 e. The fraction of sp³-hybridized carbons (Fsp3) is 0.571. The number of nitrogens with one attached hydrogen (secondary N) is 1. The zero-order chi connectivity index (χ0) is 14.8. The third-order valence-electron chi connectivity index (χ3n) is 3.77. The van der Waals surface area contributed by atoms with E-state index >= 15 is 0 Å². The minimum absolute atomic E-state index is 0.400. The second kappa shape index (κ2) is 6.43. The molecule has 1 aromatic rings. The van der Waals surface area contributed by atoms with Crippen molar-refractivity contribution in [2.75, 3.05) is 25.9 Å². The van der Waals surface area contributed by atoms with E-state index in [4.69, 9.17) is 11.6 Å². The summed E-state index contributed by atoms with van der Waals surface area (Å²) in [6, 6.07) is 5.88. The molecule has 2 rings (SSSR count). The van der Waals surface area contributed by atoms with E-state index in [1.807, 2.05) is 25.1 Å². The second-order valence-corrected chi connectivity index (χ2v) is 7.90. The fourth-order valence-electron chi connectivity index (χ4n) is 2.53. The van der Waals surface area contributed by atoms with Crippen LogP contribution >= 0.6 is 11.6 Å². The summed E-state index contributed by atoms with van der Waals surface area (Å²) in [4.78, 5) is 0. The van der Waals surface area contributed by atoms with E-state index in [0.717, 1.165) is 24.5 Å². The van der Waals surface area contributed by atoms with Crippen LogP contribution in [0.5, 0.6) is 0 Å². The number of rotatable bonds is 5. The van der Waals surface area contributed by atoms with Gasteiger partial charge in [-0.05, 0) is 49.1 Å². The molecule has 1 aliphatic rings. The Morgan fingerprint density at radius 3 is 2.80 bits per heavy atom. The molecule has 20 heavy (non-hydrogen) atoms. The van der Waals surface area contributed by atoms with Crippen molar-refractivity contribution >= 4 is 21.6 Å². The first-order valence-corrected chi connectivity index (χ1v) is 9.00. The van der Waals surface area contributed by atoms with Crippen molar-refractivity contribution in [2.45, 2.75) is 19.9 Å². The molecule has 1 aliphatic heterocycles. The third-order valence-corrected chi connectivity index (χ3v) is 5.28. The van der Waals surface area contributed by atoms with Gasteiger partial charge < -0.3 is 5.32 Å². The maximum Gasteiger partial charge on any atom is 0.211 e. The van der Waals surface area contributed by atoms with Gasteiger partial charge in [0.2, 0.25) is 10.0 Å². The summed E-state index contributed by atoms with van der Waals surface area (Å²) in [6.07, 6.45) is 2.21. The van der Waals surface area contributed by atoms with Gasteiger partial charge in [0.25, 0.3) is 0 Å². The predicted octanol–water partition coefficient (Wildman–Crippen LogP) is 2.02. The molecule has 1 aromatic carbocycles. The lowest BCUT2D eigenvalue weighted by atomic mass is 10.1. The van der Waals surface area contributed by atoms with Gasteiger partial charge in [-0.2, -0.15) is 0 Å². The van der Waals surface area contributed by atoms with Crippen LogP contribution in [0.3, 0.4) is 0 Å². The minimum Gasteiger partial charge on any atom is -0.312 e. The molecule has 0 amide bonds. The van der Waals surface area contributed by atoms with Gasteiger partial charge in [0.1, 0.15) is 0 Å². The molecular formula is C14H21ClN2O2S. The van der Waals surface area contributed by atoms with E-state index in [2.05, 4.69) is 5.32 Å². The molecule has 0 aromatic heterocycles. The van der Waals surface area contributed by atoms with E-state index in [9.17, 15) is 8.42 Å². The normalized spacial score (nSPS) is 20.4. The van der Waals surface area contributed by atoms with E-state index in [1.165, 1.54) is 17.4 Å². The SMILES string of the molecule is Cc1cc(Cl)ccc1CNCC1CCN(S(C)(=O)=O)C1. The summed E-state index contributed by atoms with van der Waals surface area (Å²) in [6.45, 7) is 4.95. The van der Waals surface area contributed by atoms with Crippen LogP contribution in [0.15, 0.2) is 18.2 Å². The van der Waals surface area contributed by atoms with Crippen molar-refractivity contribution < 1.29 is 8.42 Å². The Bertz CT molecular complexity index is 575. The first-order valence-electron chi connectivity index (χ1n) is 6.77. The highest BCUT2D eigenvalue weighted by Gasteiger charge is 2.27. The maximum atomic E-state index is 11.4. The average molecular weight is 317 g/mol. The number of sulfonamides is 1. The van der Waals surface area contributed by atoms with Crippen LogP contribution < -0.4 is 5.32 Å². The van der Waals surface area contributed by atoms with Crippen LogP contribution in [0.4, 0.5) is 0 Å². The van der Waals surface area contributed by atoms with Gasteiger partial charge in [0.05, 0.1) is 6.26 Å². The molecule has 0 spiro atoms. The maximum absolute atomic E-state index is 11.4. The Morgan fingerprint density at radius 2 is 2.20 bits per heavy atom. The van der Waals surface area contributed by atoms with Gasteiger partial charge in [-0.3, -0.25) is 0 Å². The highest BCUT2D eigenvalue weighted by atomic mass is 35.5. The Hall–Kier alpha value is -0.620. The van der Waals surface area contributed by atoms with Gasteiger partial charge in [-0.1, -0.05) is 17.7 Å². The summed E-state index contributed by atoms with van der Waals surface area (Å²) in [5, 5.41) is 4.17. The van der Waals surface area contributed by atoms with Crippen LogP contribution in [0.25, 0.3) is 0 Å². The zero-order valence-corrected chi connectivity index (χ0v) is 13.5. The minimum atomic E-state index is -3.03. The molecule has 1 saturated heterocycles. The predicted molar refractivity (Wildman–Crippen MR) is 82.4 cm³/mol. The van der Waals surface area contributed by atoms with E-state index in [0.29, 0.717) is 19.0 Å². The number of hydrogen-bond acceptors (Lipinski definition) is 3. The smallest absolute Gasteiger partial charge is 0.211 e. The molecule has 0 aliphatic carbocycles. The Balaban J connectivity index is 1.80. The molecule has 1 fully saturated rings. The standard InChI is InChI=1S/C14H21ClN2O2S/c1-11-7-14(15)4-3-13(11)9-16-8-12-5-6-17(10-12)20(2,18)19/h3-4,7,12,16H,5-6,8-10H2,1-2H3. The third kappa shape index (κ3) is 4.19. The number of benzene rings is 1. The van der Waals surface area contributed by atoms with Gasteiger partial charge in [-0.15, -0.1) is 0 Å². The Kier molecular flexibility index (Phi) is 5.07. The van der Waals surface area contributed by atoms with Crippen molar-refractivity contribution in [1.82, 2.24) is 9.62 Å². The molecule has 4 nitrogen and oxygen atoms in total. The van der Waals surface area contributed by atoms with Crippen molar-refractivity contribution in [3.05, 3.63) is 34.3 Å². The molecule has 0 radical (unpaired) electrons. The quantitative estimate of drug-likeness (QED) is 0.904. The van der Waals surface area contributed by atoms with Crippen molar-refractivity contribution in [1.29, 1.82) is 0 Å². The zero-order valence-electron chi connectivity index (χ0n) is 11.9. The lowest BCUT2D eigenvalue weighted by Crippen LogP contribution is -2.30. The number of hydrogen-bond donors (Lipinski definition) is 1. The van der Waals surface area contributed by atoms with Gasteiger partial charge in [0.15, 0.2) is 0 Å². The highest BCUT2D eigenvalue weighted by molar-refractivity contribution is 7.88. The first kappa shape index (κ1) is 15.8. The molecule has 0 bridgehead atoms.